The van der Waals surface area contributed by atoms with Gasteiger partial charge in [0.1, 0.15) is 11.3 Å². The van der Waals surface area contributed by atoms with Crippen LogP contribution in [0.2, 0.25) is 0 Å². The Morgan fingerprint density at radius 3 is 1.92 bits per heavy atom. The van der Waals surface area contributed by atoms with Gasteiger partial charge in [0.15, 0.2) is 5.65 Å². The Morgan fingerprint density at radius 1 is 0.776 bits per heavy atom. The number of rotatable bonds is 7. The van der Waals surface area contributed by atoms with Crippen molar-refractivity contribution in [3.05, 3.63) is 35.8 Å². The van der Waals surface area contributed by atoms with Crippen LogP contribution >= 0.6 is 0 Å². The van der Waals surface area contributed by atoms with E-state index in [0.717, 1.165) is 109 Å². The summed E-state index contributed by atoms with van der Waals surface area (Å²) in [4.78, 5) is 49.7. The minimum absolute atomic E-state index is 0.0183. The van der Waals surface area contributed by atoms with Crippen LogP contribution in [-0.2, 0) is 9.59 Å². The zero-order valence-electron chi connectivity index (χ0n) is 29.2. The summed E-state index contributed by atoms with van der Waals surface area (Å²) in [6.45, 7) is 8.79. The highest BCUT2D eigenvalue weighted by molar-refractivity contribution is 5.80. The number of imidazole rings is 1. The summed E-state index contributed by atoms with van der Waals surface area (Å²) in [7, 11) is 4.21. The third-order valence-electron chi connectivity index (χ3n) is 11.3. The monoisotopic (exact) mass is 674 g/mol. The quantitative estimate of drug-likeness (QED) is 0.380. The van der Waals surface area contributed by atoms with Crippen LogP contribution in [0.1, 0.15) is 63.0 Å². The van der Waals surface area contributed by atoms with Gasteiger partial charge < -0.3 is 30.2 Å². The maximum atomic E-state index is 15.0. The second-order valence-electron chi connectivity index (χ2n) is 14.7. The van der Waals surface area contributed by atoms with Crippen LogP contribution in [0.4, 0.5) is 22.0 Å². The fraction of sp³-hybridized carbons (Fsp3) is 0.639. The maximum Gasteiger partial charge on any atom is 0.225 e. The highest BCUT2D eigenvalue weighted by Crippen LogP contribution is 2.38. The van der Waals surface area contributed by atoms with E-state index in [0.29, 0.717) is 34.7 Å². The van der Waals surface area contributed by atoms with Gasteiger partial charge in [-0.1, -0.05) is 12.1 Å². The first kappa shape index (κ1) is 33.6. The molecule has 1 aromatic carbocycles. The second kappa shape index (κ2) is 14.6. The van der Waals surface area contributed by atoms with Gasteiger partial charge in [-0.3, -0.25) is 14.2 Å². The number of fused-ring (bicyclic) bond motifs is 1. The Kier molecular flexibility index (Phi) is 10.00. The molecular weight excluding hydrogens is 623 g/mol. The van der Waals surface area contributed by atoms with E-state index >= 15 is 4.39 Å². The van der Waals surface area contributed by atoms with Gasteiger partial charge in [-0.25, -0.2) is 14.4 Å². The lowest BCUT2D eigenvalue weighted by atomic mass is 9.85. The number of amides is 2. The lowest BCUT2D eigenvalue weighted by molar-refractivity contribution is -0.139. The SMILES string of the molecule is Cc1cccc(F)c1Nc1nc2cnc(NC3CCC(C(=O)N4CCN(C)CC4)CC3)nc2n1C1CCC(C(=O)N2CCN(C)CC2)CC1. The Hall–Kier alpha value is -3.84. The van der Waals surface area contributed by atoms with Crippen molar-refractivity contribution in [1.29, 1.82) is 0 Å². The number of hydrogen-bond donors (Lipinski definition) is 2. The van der Waals surface area contributed by atoms with Crippen LogP contribution in [0.15, 0.2) is 24.4 Å². The van der Waals surface area contributed by atoms with Gasteiger partial charge in [-0.15, -0.1) is 0 Å². The van der Waals surface area contributed by atoms with Gasteiger partial charge in [0, 0.05) is 76.3 Å². The smallest absolute Gasteiger partial charge is 0.225 e. The molecule has 2 aliphatic carbocycles. The summed E-state index contributed by atoms with van der Waals surface area (Å²) < 4.78 is 17.1. The van der Waals surface area contributed by atoms with Gasteiger partial charge in [0.05, 0.1) is 11.9 Å². The summed E-state index contributed by atoms with van der Waals surface area (Å²) in [5.41, 5.74) is 2.52. The van der Waals surface area contributed by atoms with Crippen LogP contribution in [0.3, 0.4) is 0 Å². The number of likely N-dealkylation sites (N-methyl/N-ethyl adjacent to an activating group) is 2. The van der Waals surface area contributed by atoms with E-state index in [2.05, 4.69) is 44.1 Å². The number of nitrogens with zero attached hydrogens (tertiary/aromatic N) is 8. The standard InChI is InChI=1S/C36H51FN10O2/c1-24-5-4-6-29(37)31(24)41-36-40-30-23-38-35(39-27-11-7-25(8-12-27)33(48)45-19-15-43(2)16-20-45)42-32(30)47(36)28-13-9-26(10-14-28)34(49)46-21-17-44(3)18-22-46/h4-6,23,25-28H,7-22H2,1-3H3,(H,40,41)(H,38,39,42). The zero-order valence-corrected chi connectivity index (χ0v) is 29.2. The van der Waals surface area contributed by atoms with Gasteiger partial charge in [-0.05, 0) is 84.0 Å². The molecule has 3 aromatic rings. The molecule has 0 radical (unpaired) electrons. The predicted octanol–water partition coefficient (Wildman–Crippen LogP) is 4.27. The molecule has 2 saturated heterocycles. The van der Waals surface area contributed by atoms with Crippen molar-refractivity contribution < 1.29 is 14.0 Å². The van der Waals surface area contributed by atoms with Crippen molar-refractivity contribution >= 4 is 40.6 Å². The fourth-order valence-corrected chi connectivity index (χ4v) is 8.11. The van der Waals surface area contributed by atoms with Crippen molar-refractivity contribution in [1.82, 2.24) is 39.1 Å². The first-order chi connectivity index (χ1) is 23.7. The number of aromatic nitrogens is 4. The molecule has 0 spiro atoms. The Bertz CT molecular complexity index is 1610. The first-order valence-corrected chi connectivity index (χ1v) is 18.2. The molecule has 49 heavy (non-hydrogen) atoms. The molecule has 0 bridgehead atoms. The maximum absolute atomic E-state index is 15.0. The van der Waals surface area contributed by atoms with Gasteiger partial charge in [0.25, 0.3) is 0 Å². The summed E-state index contributed by atoms with van der Waals surface area (Å²) in [6, 6.07) is 5.27. The third-order valence-corrected chi connectivity index (χ3v) is 11.3. The van der Waals surface area contributed by atoms with E-state index in [-0.39, 0.29) is 35.6 Å². The summed E-state index contributed by atoms with van der Waals surface area (Å²) >= 11 is 0. The highest BCUT2D eigenvalue weighted by Gasteiger charge is 2.34. The van der Waals surface area contributed by atoms with Crippen LogP contribution < -0.4 is 10.6 Å². The molecule has 2 N–H and O–H groups in total. The molecule has 2 aromatic heterocycles. The minimum atomic E-state index is -0.338. The summed E-state index contributed by atoms with van der Waals surface area (Å²) in [5, 5.41) is 6.86. The zero-order chi connectivity index (χ0) is 34.1. The Balaban J connectivity index is 1.07. The van der Waals surface area contributed by atoms with Crippen molar-refractivity contribution in [2.24, 2.45) is 11.8 Å². The van der Waals surface area contributed by atoms with Gasteiger partial charge in [-0.2, -0.15) is 4.98 Å². The number of piperazine rings is 2. The predicted molar refractivity (Wildman–Crippen MR) is 188 cm³/mol. The number of para-hydroxylation sites is 1. The Morgan fingerprint density at radius 2 is 1.35 bits per heavy atom. The van der Waals surface area contributed by atoms with E-state index in [4.69, 9.17) is 9.97 Å². The lowest BCUT2D eigenvalue weighted by Crippen LogP contribution is -2.49. The average molecular weight is 675 g/mol. The molecule has 0 unspecified atom stereocenters. The van der Waals surface area contributed by atoms with E-state index in [1.165, 1.54) is 6.07 Å². The van der Waals surface area contributed by atoms with Gasteiger partial charge >= 0.3 is 0 Å². The third kappa shape index (κ3) is 7.38. The van der Waals surface area contributed by atoms with Crippen LogP contribution in [-0.4, -0.2) is 123 Å². The number of benzene rings is 1. The molecular formula is C36H51FN10O2. The molecule has 12 nitrogen and oxygen atoms in total. The number of nitrogens with one attached hydrogen (secondary N) is 2. The fourth-order valence-electron chi connectivity index (χ4n) is 8.11. The number of halogens is 1. The van der Waals surface area contributed by atoms with Gasteiger partial charge in [0.2, 0.25) is 23.7 Å². The molecule has 4 fully saturated rings. The molecule has 0 atom stereocenters. The van der Waals surface area contributed by atoms with Crippen molar-refractivity contribution in [3.63, 3.8) is 0 Å². The lowest BCUT2D eigenvalue weighted by Gasteiger charge is -2.37. The number of anilines is 3. The second-order valence-corrected chi connectivity index (χ2v) is 14.7. The van der Waals surface area contributed by atoms with Crippen molar-refractivity contribution in [3.8, 4) is 0 Å². The van der Waals surface area contributed by atoms with E-state index < -0.39 is 0 Å². The average Bonchev–Trinajstić information content (AvgIpc) is 3.47. The summed E-state index contributed by atoms with van der Waals surface area (Å²) in [5.74, 6) is 1.41. The number of carbonyl (C=O) groups excluding carboxylic acids is 2. The first-order valence-electron chi connectivity index (χ1n) is 18.2. The van der Waals surface area contributed by atoms with Crippen molar-refractivity contribution in [2.75, 3.05) is 77.1 Å². The minimum Gasteiger partial charge on any atom is -0.351 e. The number of hydrogen-bond acceptors (Lipinski definition) is 9. The topological polar surface area (TPSA) is 115 Å². The van der Waals surface area contributed by atoms with Crippen LogP contribution in [0.25, 0.3) is 11.2 Å². The molecule has 7 rings (SSSR count). The largest absolute Gasteiger partial charge is 0.351 e. The molecule has 2 saturated carbocycles. The number of carbonyl (C=O) groups is 2. The molecule has 264 valence electrons. The highest BCUT2D eigenvalue weighted by atomic mass is 19.1. The van der Waals surface area contributed by atoms with E-state index in [1.807, 2.05) is 22.8 Å². The van der Waals surface area contributed by atoms with Crippen molar-refractivity contribution in [2.45, 2.75) is 70.4 Å². The molecule has 2 aliphatic heterocycles. The molecule has 4 heterocycles. The van der Waals surface area contributed by atoms with Crippen LogP contribution in [0.5, 0.6) is 0 Å². The van der Waals surface area contributed by atoms with E-state index in [1.54, 1.807) is 12.3 Å². The normalized spacial score (nSPS) is 25.8. The van der Waals surface area contributed by atoms with E-state index in [9.17, 15) is 9.59 Å². The molecule has 13 heteroatoms. The Labute approximate surface area is 288 Å². The van der Waals surface area contributed by atoms with Crippen LogP contribution in [0, 0.1) is 24.6 Å². The molecule has 4 aliphatic rings. The molecule has 2 amide bonds. The summed E-state index contributed by atoms with van der Waals surface area (Å²) in [6.07, 6.45) is 8.41. The number of aryl methyl sites for hydroxylation is 1.